The van der Waals surface area contributed by atoms with Crippen molar-refractivity contribution in [2.45, 2.75) is 25.8 Å². The van der Waals surface area contributed by atoms with Crippen LogP contribution in [0.3, 0.4) is 0 Å². The van der Waals surface area contributed by atoms with Crippen molar-refractivity contribution >= 4 is 22.6 Å². The van der Waals surface area contributed by atoms with Gasteiger partial charge in [-0.05, 0) is 79.3 Å². The molecule has 1 unspecified atom stereocenters. The third-order valence-electron chi connectivity index (χ3n) is 8.01. The zero-order valence-corrected chi connectivity index (χ0v) is 23.6. The molecular formula is C33H34FN3O5. The lowest BCUT2D eigenvalue weighted by Gasteiger charge is -2.35. The lowest BCUT2D eigenvalue weighted by Crippen LogP contribution is -2.39. The van der Waals surface area contributed by atoms with E-state index in [-0.39, 0.29) is 31.0 Å². The number of pyridine rings is 1. The second kappa shape index (κ2) is 12.2. The number of anilines is 1. The maximum Gasteiger partial charge on any atom is 0.254 e. The Kier molecular flexibility index (Phi) is 8.10. The minimum absolute atomic E-state index is 0.125. The van der Waals surface area contributed by atoms with E-state index in [9.17, 15) is 14.3 Å². The fourth-order valence-electron chi connectivity index (χ4n) is 5.69. The van der Waals surface area contributed by atoms with Gasteiger partial charge in [0.15, 0.2) is 11.5 Å². The standard InChI is InChI=1S/C33H34FN3O5/c1-40-28-10-6-24-15-26(32(35-29(24)17-28)36-13-2-3-23(18-36)20-38)19-37(14-12-22-4-8-27(34)9-5-22)33(39)25-7-11-30-31(16-25)42-21-41-30/h4-11,15-17,23,38H,2-3,12-14,18-21H2,1H3. The van der Waals surface area contributed by atoms with Crippen LogP contribution < -0.4 is 19.1 Å². The molecule has 3 heterocycles. The number of methoxy groups -OCH3 is 1. The highest BCUT2D eigenvalue weighted by Gasteiger charge is 2.26. The van der Waals surface area contributed by atoms with E-state index in [1.54, 1.807) is 37.4 Å². The topological polar surface area (TPSA) is 84.4 Å². The molecule has 4 aromatic rings. The van der Waals surface area contributed by atoms with Crippen molar-refractivity contribution in [1.29, 1.82) is 0 Å². The summed E-state index contributed by atoms with van der Waals surface area (Å²) in [5.41, 5.74) is 3.15. The summed E-state index contributed by atoms with van der Waals surface area (Å²) in [6.07, 6.45) is 2.48. The van der Waals surface area contributed by atoms with Crippen LogP contribution in [0.15, 0.2) is 66.7 Å². The average molecular weight is 572 g/mol. The molecule has 0 bridgehead atoms. The van der Waals surface area contributed by atoms with Gasteiger partial charge in [0, 0.05) is 55.4 Å². The third kappa shape index (κ3) is 5.97. The summed E-state index contributed by atoms with van der Waals surface area (Å²) >= 11 is 0. The third-order valence-corrected chi connectivity index (χ3v) is 8.01. The van der Waals surface area contributed by atoms with E-state index in [1.165, 1.54) is 12.1 Å². The summed E-state index contributed by atoms with van der Waals surface area (Å²) in [6.45, 7) is 2.50. The van der Waals surface area contributed by atoms with Gasteiger partial charge in [-0.25, -0.2) is 9.37 Å². The summed E-state index contributed by atoms with van der Waals surface area (Å²) in [5.74, 6) is 2.41. The van der Waals surface area contributed by atoms with Gasteiger partial charge in [0.25, 0.3) is 5.91 Å². The van der Waals surface area contributed by atoms with Crippen LogP contribution in [0, 0.1) is 11.7 Å². The van der Waals surface area contributed by atoms with Crippen LogP contribution in [0.5, 0.6) is 17.2 Å². The van der Waals surface area contributed by atoms with Crippen LogP contribution in [0.4, 0.5) is 10.2 Å². The monoisotopic (exact) mass is 571 g/mol. The Labute approximate surface area is 244 Å². The number of benzene rings is 3. The molecule has 42 heavy (non-hydrogen) atoms. The summed E-state index contributed by atoms with van der Waals surface area (Å²) in [4.78, 5) is 23.2. The number of aliphatic hydroxyl groups excluding tert-OH is 1. The molecule has 1 amide bonds. The van der Waals surface area contributed by atoms with Gasteiger partial charge in [0.1, 0.15) is 17.4 Å². The number of carbonyl (C=O) groups is 1. The molecule has 2 aliphatic heterocycles. The lowest BCUT2D eigenvalue weighted by molar-refractivity contribution is 0.0744. The zero-order valence-electron chi connectivity index (χ0n) is 23.6. The van der Waals surface area contributed by atoms with Gasteiger partial charge in [0.2, 0.25) is 6.79 Å². The summed E-state index contributed by atoms with van der Waals surface area (Å²) in [7, 11) is 1.63. The Bertz CT molecular complexity index is 1580. The Morgan fingerprint density at radius 1 is 1.10 bits per heavy atom. The molecule has 0 radical (unpaired) electrons. The summed E-state index contributed by atoms with van der Waals surface area (Å²) < 4.78 is 30.0. The molecule has 1 saturated heterocycles. The summed E-state index contributed by atoms with van der Waals surface area (Å²) in [6, 6.07) is 19.5. The van der Waals surface area contributed by atoms with Gasteiger partial charge in [0.05, 0.1) is 12.6 Å². The van der Waals surface area contributed by atoms with E-state index in [4.69, 9.17) is 19.2 Å². The van der Waals surface area contributed by atoms with E-state index in [0.717, 1.165) is 53.0 Å². The highest BCUT2D eigenvalue weighted by Crippen LogP contribution is 2.34. The Balaban J connectivity index is 1.37. The van der Waals surface area contributed by atoms with Crippen molar-refractivity contribution in [2.24, 2.45) is 5.92 Å². The van der Waals surface area contributed by atoms with Crippen LogP contribution in [0.2, 0.25) is 0 Å². The van der Waals surface area contributed by atoms with Gasteiger partial charge >= 0.3 is 0 Å². The van der Waals surface area contributed by atoms with Crippen LogP contribution in [0.1, 0.15) is 34.3 Å². The van der Waals surface area contributed by atoms with Gasteiger partial charge in [-0.3, -0.25) is 4.79 Å². The first-order valence-corrected chi connectivity index (χ1v) is 14.3. The molecule has 9 heteroatoms. The van der Waals surface area contributed by atoms with E-state index in [2.05, 4.69) is 11.0 Å². The SMILES string of the molecule is COc1ccc2cc(CN(CCc3ccc(F)cc3)C(=O)c3ccc4c(c3)OCO4)c(N3CCCC(CO)C3)nc2c1. The number of amides is 1. The average Bonchev–Trinajstić information content (AvgIpc) is 3.51. The van der Waals surface area contributed by atoms with Crippen molar-refractivity contribution in [3.8, 4) is 17.2 Å². The molecular weight excluding hydrogens is 537 g/mol. The first-order valence-electron chi connectivity index (χ1n) is 14.3. The predicted octanol–water partition coefficient (Wildman–Crippen LogP) is 5.21. The van der Waals surface area contributed by atoms with Crippen LogP contribution in [0.25, 0.3) is 10.9 Å². The number of hydrogen-bond donors (Lipinski definition) is 1. The number of nitrogens with zero attached hydrogens (tertiary/aromatic N) is 3. The number of fused-ring (bicyclic) bond motifs is 2. The Hall–Kier alpha value is -4.37. The fraction of sp³-hybridized carbons (Fsp3) is 0.333. The number of aliphatic hydroxyl groups is 1. The van der Waals surface area contributed by atoms with Gasteiger partial charge in [-0.2, -0.15) is 0 Å². The van der Waals surface area contributed by atoms with Crippen molar-refractivity contribution in [1.82, 2.24) is 9.88 Å². The zero-order chi connectivity index (χ0) is 29.1. The number of carbonyl (C=O) groups excluding carboxylic acids is 1. The molecule has 8 nitrogen and oxygen atoms in total. The number of hydrogen-bond acceptors (Lipinski definition) is 7. The van der Waals surface area contributed by atoms with Gasteiger partial charge in [-0.15, -0.1) is 0 Å². The van der Waals surface area contributed by atoms with Gasteiger partial charge in [-0.1, -0.05) is 12.1 Å². The largest absolute Gasteiger partial charge is 0.497 e. The van der Waals surface area contributed by atoms with Crippen LogP contribution in [-0.2, 0) is 13.0 Å². The smallest absolute Gasteiger partial charge is 0.254 e. The molecule has 6 rings (SSSR count). The molecule has 0 saturated carbocycles. The van der Waals surface area contributed by atoms with Gasteiger partial charge < -0.3 is 29.1 Å². The Morgan fingerprint density at radius 3 is 2.74 bits per heavy atom. The van der Waals surface area contributed by atoms with Crippen molar-refractivity contribution in [3.05, 3.63) is 89.2 Å². The number of aromatic nitrogens is 1. The number of halogens is 1. The number of ether oxygens (including phenoxy) is 3. The molecule has 1 atom stereocenters. The van der Waals surface area contributed by atoms with Crippen molar-refractivity contribution in [3.63, 3.8) is 0 Å². The quantitative estimate of drug-likeness (QED) is 0.296. The minimum atomic E-state index is -0.293. The molecule has 1 N–H and O–H groups in total. The Morgan fingerprint density at radius 2 is 1.93 bits per heavy atom. The van der Waals surface area contributed by atoms with Crippen molar-refractivity contribution in [2.75, 3.05) is 45.0 Å². The number of rotatable bonds is 9. The van der Waals surface area contributed by atoms with Crippen LogP contribution >= 0.6 is 0 Å². The number of piperidine rings is 1. The fourth-order valence-corrected chi connectivity index (χ4v) is 5.69. The normalized spacial score (nSPS) is 16.1. The molecule has 218 valence electrons. The molecule has 1 aromatic heterocycles. The predicted molar refractivity (Wildman–Crippen MR) is 158 cm³/mol. The second-order valence-corrected chi connectivity index (χ2v) is 10.8. The first kappa shape index (κ1) is 27.8. The van der Waals surface area contributed by atoms with E-state index in [1.807, 2.05) is 23.1 Å². The maximum atomic E-state index is 14.0. The minimum Gasteiger partial charge on any atom is -0.497 e. The highest BCUT2D eigenvalue weighted by molar-refractivity contribution is 5.95. The maximum absolute atomic E-state index is 14.0. The second-order valence-electron chi connectivity index (χ2n) is 10.8. The van der Waals surface area contributed by atoms with E-state index in [0.29, 0.717) is 43.1 Å². The summed E-state index contributed by atoms with van der Waals surface area (Å²) in [5, 5.41) is 10.9. The highest BCUT2D eigenvalue weighted by atomic mass is 19.1. The van der Waals surface area contributed by atoms with Crippen molar-refractivity contribution < 1.29 is 28.5 Å². The lowest BCUT2D eigenvalue weighted by atomic mass is 9.98. The molecule has 0 spiro atoms. The molecule has 1 fully saturated rings. The molecule has 3 aromatic carbocycles. The molecule has 0 aliphatic carbocycles. The van der Waals surface area contributed by atoms with E-state index >= 15 is 0 Å². The molecule has 2 aliphatic rings. The van der Waals surface area contributed by atoms with E-state index < -0.39 is 0 Å². The van der Waals surface area contributed by atoms with Crippen LogP contribution in [-0.4, -0.2) is 61.0 Å². The first-order chi connectivity index (χ1) is 20.5.